The Hall–Kier alpha value is -5.23. The average Bonchev–Trinajstić information content (AvgIpc) is 3.00. The van der Waals surface area contributed by atoms with E-state index in [0.717, 1.165) is 33.2 Å². The predicted molar refractivity (Wildman–Crippen MR) is 159 cm³/mol. The summed E-state index contributed by atoms with van der Waals surface area (Å²) in [4.78, 5) is 18.4. The number of hydrogen-bond donors (Lipinski definition) is 0. The molecule has 1 heterocycles. The van der Waals surface area contributed by atoms with E-state index in [0.29, 0.717) is 29.1 Å². The summed E-state index contributed by atoms with van der Waals surface area (Å²) in [5.41, 5.74) is 3.16. The quantitative estimate of drug-likeness (QED) is 0.203. The third-order valence-electron chi connectivity index (χ3n) is 6.74. The van der Waals surface area contributed by atoms with Crippen LogP contribution in [0.25, 0.3) is 21.7 Å². The van der Waals surface area contributed by atoms with Gasteiger partial charge in [0.05, 0.1) is 17.1 Å². The van der Waals surface area contributed by atoms with Crippen LogP contribution in [0, 0.1) is 6.92 Å². The Kier molecular flexibility index (Phi) is 7.05. The van der Waals surface area contributed by atoms with E-state index in [1.807, 2.05) is 116 Å². The molecule has 6 rings (SSSR count). The third kappa shape index (κ3) is 5.20. The van der Waals surface area contributed by atoms with Crippen LogP contribution in [0.1, 0.15) is 22.5 Å². The molecule has 0 unspecified atom stereocenters. The van der Waals surface area contributed by atoms with Gasteiger partial charge in [0.2, 0.25) is 0 Å². The van der Waals surface area contributed by atoms with E-state index in [-0.39, 0.29) is 12.2 Å². The van der Waals surface area contributed by atoms with Crippen molar-refractivity contribution >= 4 is 27.9 Å². The van der Waals surface area contributed by atoms with E-state index in [4.69, 9.17) is 14.5 Å². The van der Waals surface area contributed by atoms with Crippen LogP contribution in [-0.2, 0) is 13.2 Å². The third-order valence-corrected chi connectivity index (χ3v) is 6.74. The van der Waals surface area contributed by atoms with Gasteiger partial charge in [-0.2, -0.15) is 9.78 Å². The molecule has 0 aliphatic carbocycles. The minimum atomic E-state index is -0.266. The molecule has 1 aromatic heterocycles. The Labute approximate surface area is 231 Å². The summed E-state index contributed by atoms with van der Waals surface area (Å²) < 4.78 is 13.7. The Morgan fingerprint density at radius 3 is 2.27 bits per heavy atom. The van der Waals surface area contributed by atoms with E-state index >= 15 is 0 Å². The van der Waals surface area contributed by atoms with Gasteiger partial charge in [0.25, 0.3) is 5.56 Å². The fourth-order valence-corrected chi connectivity index (χ4v) is 4.63. The lowest BCUT2D eigenvalue weighted by Gasteiger charge is -2.14. The van der Waals surface area contributed by atoms with Gasteiger partial charge < -0.3 is 9.47 Å². The molecule has 0 fully saturated rings. The molecule has 6 nitrogen and oxygen atoms in total. The smallest absolute Gasteiger partial charge is 0.282 e. The summed E-state index contributed by atoms with van der Waals surface area (Å²) in [6.45, 7) is 2.47. The van der Waals surface area contributed by atoms with Gasteiger partial charge in [-0.05, 0) is 53.1 Å². The first-order chi connectivity index (χ1) is 19.7. The van der Waals surface area contributed by atoms with E-state index < -0.39 is 0 Å². The number of rotatable bonds is 8. The number of fused-ring (bicyclic) bond motifs is 2. The molecule has 0 atom stereocenters. The summed E-state index contributed by atoms with van der Waals surface area (Å²) in [7, 11) is 0. The van der Waals surface area contributed by atoms with Crippen LogP contribution in [0.15, 0.2) is 125 Å². The van der Waals surface area contributed by atoms with Crippen LogP contribution in [-0.4, -0.2) is 15.9 Å². The summed E-state index contributed by atoms with van der Waals surface area (Å²) in [5, 5.41) is 7.18. The average molecular weight is 526 g/mol. The van der Waals surface area contributed by atoms with Crippen molar-refractivity contribution in [2.75, 3.05) is 0 Å². The highest BCUT2D eigenvalue weighted by atomic mass is 16.5. The van der Waals surface area contributed by atoms with Crippen LogP contribution in [0.2, 0.25) is 0 Å². The molecule has 196 valence electrons. The van der Waals surface area contributed by atoms with Gasteiger partial charge in [-0.3, -0.25) is 4.79 Å². The number of ether oxygens (including phenoxy) is 2. The highest BCUT2D eigenvalue weighted by molar-refractivity contribution is 6.02. The lowest BCUT2D eigenvalue weighted by atomic mass is 10.0. The molecule has 0 spiro atoms. The summed E-state index contributed by atoms with van der Waals surface area (Å²) in [5.74, 6) is 1.80. The number of aryl methyl sites for hydroxylation is 1. The second-order valence-corrected chi connectivity index (χ2v) is 9.43. The number of nitrogens with zero attached hydrogens (tertiary/aromatic N) is 3. The maximum Gasteiger partial charge on any atom is 0.282 e. The number of hydrogen-bond acceptors (Lipinski definition) is 5. The van der Waals surface area contributed by atoms with Crippen molar-refractivity contribution < 1.29 is 9.47 Å². The molecule has 0 bridgehead atoms. The van der Waals surface area contributed by atoms with Gasteiger partial charge in [-0.15, -0.1) is 0 Å². The fraction of sp³-hybridized carbons (Fsp3) is 0.0882. The molecule has 0 saturated heterocycles. The molecule has 0 amide bonds. The maximum atomic E-state index is 13.6. The molecule has 0 N–H and O–H groups in total. The highest BCUT2D eigenvalue weighted by Crippen LogP contribution is 2.28. The monoisotopic (exact) mass is 525 g/mol. The second-order valence-electron chi connectivity index (χ2n) is 9.43. The molecular weight excluding hydrogens is 498 g/mol. The van der Waals surface area contributed by atoms with Crippen LogP contribution < -0.4 is 15.0 Å². The molecule has 0 aliphatic heterocycles. The van der Waals surface area contributed by atoms with Crippen molar-refractivity contribution in [3.05, 3.63) is 148 Å². The van der Waals surface area contributed by atoms with Crippen LogP contribution >= 0.6 is 0 Å². The van der Waals surface area contributed by atoms with Crippen LogP contribution in [0.4, 0.5) is 0 Å². The van der Waals surface area contributed by atoms with Crippen molar-refractivity contribution in [3.63, 3.8) is 0 Å². The van der Waals surface area contributed by atoms with Crippen molar-refractivity contribution in [1.29, 1.82) is 0 Å². The van der Waals surface area contributed by atoms with E-state index in [2.05, 4.69) is 5.10 Å². The zero-order chi connectivity index (χ0) is 27.3. The Morgan fingerprint density at radius 1 is 0.725 bits per heavy atom. The molecule has 6 heteroatoms. The predicted octanol–water partition coefficient (Wildman–Crippen LogP) is 6.90. The Balaban J connectivity index is 1.43. The Morgan fingerprint density at radius 2 is 1.43 bits per heavy atom. The van der Waals surface area contributed by atoms with Crippen molar-refractivity contribution in [3.8, 4) is 11.5 Å². The van der Waals surface area contributed by atoms with Crippen LogP contribution in [0.5, 0.6) is 11.5 Å². The van der Waals surface area contributed by atoms with E-state index in [1.54, 1.807) is 12.3 Å². The lowest BCUT2D eigenvalue weighted by Crippen LogP contribution is -2.23. The van der Waals surface area contributed by atoms with Gasteiger partial charge in [-0.1, -0.05) is 91.0 Å². The highest BCUT2D eigenvalue weighted by Gasteiger charge is 2.13. The normalized spacial score (nSPS) is 11.3. The first kappa shape index (κ1) is 25.1. The van der Waals surface area contributed by atoms with Crippen molar-refractivity contribution in [2.24, 2.45) is 5.10 Å². The van der Waals surface area contributed by atoms with Gasteiger partial charge >= 0.3 is 0 Å². The van der Waals surface area contributed by atoms with Gasteiger partial charge in [0.15, 0.2) is 5.82 Å². The molecule has 40 heavy (non-hydrogen) atoms. The standard InChI is InChI=1S/C34H27N3O3/c1-24-11-5-10-18-31(24)40-23-33-36-30-17-9-8-16-28(30)34(38)37(33)35-21-29-27-15-7-6-14-26(27)19-20-32(29)39-22-25-12-3-2-4-13-25/h2-21H,22-23H2,1H3/b35-21+. The maximum absolute atomic E-state index is 13.6. The van der Waals surface area contributed by atoms with Gasteiger partial charge in [-0.25, -0.2) is 4.98 Å². The molecule has 0 saturated carbocycles. The minimum absolute atomic E-state index is 0.0785. The van der Waals surface area contributed by atoms with Crippen molar-refractivity contribution in [1.82, 2.24) is 9.66 Å². The number of benzene rings is 5. The largest absolute Gasteiger partial charge is 0.488 e. The second kappa shape index (κ2) is 11.3. The summed E-state index contributed by atoms with van der Waals surface area (Å²) >= 11 is 0. The molecule has 6 aromatic rings. The van der Waals surface area contributed by atoms with Crippen LogP contribution in [0.3, 0.4) is 0 Å². The molecule has 5 aromatic carbocycles. The first-order valence-electron chi connectivity index (χ1n) is 13.1. The SMILES string of the molecule is Cc1ccccc1OCc1nc2ccccc2c(=O)n1/N=C/c1c(OCc2ccccc2)ccc2ccccc12. The molecular formula is C34H27N3O3. The summed E-state index contributed by atoms with van der Waals surface area (Å²) in [6.07, 6.45) is 1.68. The van der Waals surface area contributed by atoms with E-state index in [9.17, 15) is 4.79 Å². The van der Waals surface area contributed by atoms with Gasteiger partial charge in [0.1, 0.15) is 24.7 Å². The molecule has 0 aliphatic rings. The minimum Gasteiger partial charge on any atom is -0.488 e. The van der Waals surface area contributed by atoms with Gasteiger partial charge in [0, 0.05) is 5.56 Å². The van der Waals surface area contributed by atoms with Crippen molar-refractivity contribution in [2.45, 2.75) is 20.1 Å². The Bertz CT molecular complexity index is 1900. The first-order valence-corrected chi connectivity index (χ1v) is 13.1. The fourth-order valence-electron chi connectivity index (χ4n) is 4.63. The number of para-hydroxylation sites is 2. The zero-order valence-corrected chi connectivity index (χ0v) is 22.0. The topological polar surface area (TPSA) is 65.7 Å². The molecule has 0 radical (unpaired) electrons. The number of aromatic nitrogens is 2. The zero-order valence-electron chi connectivity index (χ0n) is 22.0. The van der Waals surface area contributed by atoms with E-state index in [1.165, 1.54) is 4.68 Å². The lowest BCUT2D eigenvalue weighted by molar-refractivity contribution is 0.287. The summed E-state index contributed by atoms with van der Waals surface area (Å²) in [6, 6.07) is 37.0.